The van der Waals surface area contributed by atoms with Crippen LogP contribution < -0.4 is 10.5 Å². The average molecular weight is 207 g/mol. The molecule has 1 aliphatic carbocycles. The Morgan fingerprint density at radius 1 is 1.27 bits per heavy atom. The SMILES string of the molecule is COCc1cc(OC)cc(C2(N)CC2)c1. The minimum Gasteiger partial charge on any atom is -0.497 e. The third kappa shape index (κ3) is 2.13. The van der Waals surface area contributed by atoms with Crippen LogP contribution in [-0.2, 0) is 16.9 Å². The first kappa shape index (κ1) is 10.5. The number of rotatable bonds is 4. The number of ether oxygens (including phenoxy) is 2. The highest BCUT2D eigenvalue weighted by atomic mass is 16.5. The molecule has 1 aromatic carbocycles. The van der Waals surface area contributed by atoms with Crippen molar-refractivity contribution in [2.24, 2.45) is 5.73 Å². The molecule has 1 saturated carbocycles. The predicted octanol–water partition coefficient (Wildman–Crippen LogP) is 1.79. The quantitative estimate of drug-likeness (QED) is 0.818. The first-order valence-electron chi connectivity index (χ1n) is 5.14. The van der Waals surface area contributed by atoms with Crippen molar-refractivity contribution in [2.75, 3.05) is 14.2 Å². The topological polar surface area (TPSA) is 44.5 Å². The van der Waals surface area contributed by atoms with E-state index in [1.54, 1.807) is 14.2 Å². The lowest BCUT2D eigenvalue weighted by molar-refractivity contribution is 0.184. The van der Waals surface area contributed by atoms with E-state index in [0.29, 0.717) is 6.61 Å². The van der Waals surface area contributed by atoms with Crippen molar-refractivity contribution in [1.82, 2.24) is 0 Å². The van der Waals surface area contributed by atoms with Gasteiger partial charge in [0.05, 0.1) is 13.7 Å². The molecule has 1 aliphatic rings. The van der Waals surface area contributed by atoms with Gasteiger partial charge < -0.3 is 15.2 Å². The number of methoxy groups -OCH3 is 2. The molecule has 0 heterocycles. The van der Waals surface area contributed by atoms with Crippen molar-refractivity contribution in [1.29, 1.82) is 0 Å². The summed E-state index contributed by atoms with van der Waals surface area (Å²) in [4.78, 5) is 0. The fraction of sp³-hybridized carbons (Fsp3) is 0.500. The Morgan fingerprint density at radius 3 is 2.53 bits per heavy atom. The van der Waals surface area contributed by atoms with Gasteiger partial charge >= 0.3 is 0 Å². The molecule has 0 amide bonds. The zero-order valence-electron chi connectivity index (χ0n) is 9.25. The second-order valence-electron chi connectivity index (χ2n) is 4.16. The third-order valence-corrected chi connectivity index (χ3v) is 2.88. The first-order valence-corrected chi connectivity index (χ1v) is 5.14. The number of hydrogen-bond donors (Lipinski definition) is 1. The van der Waals surface area contributed by atoms with Gasteiger partial charge in [-0.2, -0.15) is 0 Å². The number of hydrogen-bond acceptors (Lipinski definition) is 3. The molecule has 0 saturated heterocycles. The maximum atomic E-state index is 6.16. The summed E-state index contributed by atoms with van der Waals surface area (Å²) in [6.45, 7) is 0.598. The first-order chi connectivity index (χ1) is 7.18. The summed E-state index contributed by atoms with van der Waals surface area (Å²) < 4.78 is 10.4. The Labute approximate surface area is 90.2 Å². The summed E-state index contributed by atoms with van der Waals surface area (Å²) in [6, 6.07) is 6.12. The van der Waals surface area contributed by atoms with Crippen LogP contribution in [-0.4, -0.2) is 14.2 Å². The van der Waals surface area contributed by atoms with Crippen LogP contribution in [0.4, 0.5) is 0 Å². The molecule has 1 aromatic rings. The van der Waals surface area contributed by atoms with Crippen molar-refractivity contribution in [3.8, 4) is 5.75 Å². The highest BCUT2D eigenvalue weighted by Gasteiger charge is 2.40. The van der Waals surface area contributed by atoms with E-state index in [-0.39, 0.29) is 5.54 Å². The maximum absolute atomic E-state index is 6.16. The molecule has 82 valence electrons. The van der Waals surface area contributed by atoms with Gasteiger partial charge in [-0.05, 0) is 36.1 Å². The average Bonchev–Trinajstić information content (AvgIpc) is 2.98. The molecular weight excluding hydrogens is 190 g/mol. The summed E-state index contributed by atoms with van der Waals surface area (Å²) in [6.07, 6.45) is 2.12. The second kappa shape index (κ2) is 3.83. The largest absolute Gasteiger partial charge is 0.497 e. The van der Waals surface area contributed by atoms with E-state index in [9.17, 15) is 0 Å². The summed E-state index contributed by atoms with van der Waals surface area (Å²) in [7, 11) is 3.36. The molecule has 0 aliphatic heterocycles. The fourth-order valence-corrected chi connectivity index (χ4v) is 1.74. The molecule has 0 spiro atoms. The molecule has 3 heteroatoms. The Balaban J connectivity index is 2.33. The molecule has 0 radical (unpaired) electrons. The van der Waals surface area contributed by atoms with E-state index in [1.165, 1.54) is 0 Å². The van der Waals surface area contributed by atoms with E-state index in [4.69, 9.17) is 15.2 Å². The summed E-state index contributed by atoms with van der Waals surface area (Å²) in [5.74, 6) is 0.858. The Hall–Kier alpha value is -1.06. The minimum absolute atomic E-state index is 0.114. The van der Waals surface area contributed by atoms with Crippen molar-refractivity contribution in [3.05, 3.63) is 29.3 Å². The lowest BCUT2D eigenvalue weighted by Crippen LogP contribution is -2.19. The van der Waals surface area contributed by atoms with Crippen molar-refractivity contribution in [3.63, 3.8) is 0 Å². The van der Waals surface area contributed by atoms with Gasteiger partial charge in [0.2, 0.25) is 0 Å². The Kier molecular flexibility index (Phi) is 2.67. The van der Waals surface area contributed by atoms with E-state index in [1.807, 2.05) is 12.1 Å². The van der Waals surface area contributed by atoms with E-state index >= 15 is 0 Å². The Bertz CT molecular complexity index is 359. The molecule has 15 heavy (non-hydrogen) atoms. The summed E-state index contributed by atoms with van der Waals surface area (Å²) in [5, 5.41) is 0. The van der Waals surface area contributed by atoms with Crippen LogP contribution in [0.1, 0.15) is 24.0 Å². The smallest absolute Gasteiger partial charge is 0.119 e. The molecule has 0 unspecified atom stereocenters. The van der Waals surface area contributed by atoms with Gasteiger partial charge in [0.25, 0.3) is 0 Å². The van der Waals surface area contributed by atoms with Crippen LogP contribution in [0.5, 0.6) is 5.75 Å². The maximum Gasteiger partial charge on any atom is 0.119 e. The van der Waals surface area contributed by atoms with Gasteiger partial charge in [-0.15, -0.1) is 0 Å². The van der Waals surface area contributed by atoms with Crippen molar-refractivity contribution < 1.29 is 9.47 Å². The monoisotopic (exact) mass is 207 g/mol. The molecule has 2 rings (SSSR count). The zero-order valence-corrected chi connectivity index (χ0v) is 9.25. The summed E-state index contributed by atoms with van der Waals surface area (Å²) >= 11 is 0. The van der Waals surface area contributed by atoms with Crippen LogP contribution in [0.3, 0.4) is 0 Å². The van der Waals surface area contributed by atoms with Gasteiger partial charge in [0.1, 0.15) is 5.75 Å². The van der Waals surface area contributed by atoms with Crippen LogP contribution in [0.2, 0.25) is 0 Å². The molecule has 0 bridgehead atoms. The van der Waals surface area contributed by atoms with Gasteiger partial charge in [-0.3, -0.25) is 0 Å². The zero-order chi connectivity index (χ0) is 10.9. The molecule has 1 fully saturated rings. The minimum atomic E-state index is -0.114. The lowest BCUT2D eigenvalue weighted by Gasteiger charge is -2.13. The molecular formula is C12H17NO2. The molecule has 0 atom stereocenters. The standard InChI is InChI=1S/C12H17NO2/c1-14-8-9-5-10(12(13)3-4-12)7-11(6-9)15-2/h5-7H,3-4,8,13H2,1-2H3. The number of nitrogens with two attached hydrogens (primary N) is 1. The van der Waals surface area contributed by atoms with E-state index < -0.39 is 0 Å². The van der Waals surface area contributed by atoms with Gasteiger partial charge in [0, 0.05) is 12.6 Å². The highest BCUT2D eigenvalue weighted by molar-refractivity contribution is 5.40. The van der Waals surface area contributed by atoms with E-state index in [2.05, 4.69) is 6.07 Å². The number of benzene rings is 1. The molecule has 3 nitrogen and oxygen atoms in total. The highest BCUT2D eigenvalue weighted by Crippen LogP contribution is 2.43. The van der Waals surface area contributed by atoms with Gasteiger partial charge in [-0.1, -0.05) is 6.07 Å². The van der Waals surface area contributed by atoms with Gasteiger partial charge in [-0.25, -0.2) is 0 Å². The third-order valence-electron chi connectivity index (χ3n) is 2.88. The fourth-order valence-electron chi connectivity index (χ4n) is 1.74. The second-order valence-corrected chi connectivity index (χ2v) is 4.16. The van der Waals surface area contributed by atoms with Gasteiger partial charge in [0.15, 0.2) is 0 Å². The van der Waals surface area contributed by atoms with Crippen molar-refractivity contribution >= 4 is 0 Å². The van der Waals surface area contributed by atoms with Crippen LogP contribution >= 0.6 is 0 Å². The molecule has 0 aromatic heterocycles. The van der Waals surface area contributed by atoms with Crippen LogP contribution in [0.25, 0.3) is 0 Å². The van der Waals surface area contributed by atoms with Crippen molar-refractivity contribution in [2.45, 2.75) is 25.0 Å². The summed E-state index contributed by atoms with van der Waals surface area (Å²) in [5.41, 5.74) is 8.32. The molecule has 2 N–H and O–H groups in total. The lowest BCUT2D eigenvalue weighted by atomic mass is 10.0. The van der Waals surface area contributed by atoms with E-state index in [0.717, 1.165) is 29.7 Å². The Morgan fingerprint density at radius 2 is 2.00 bits per heavy atom. The van der Waals surface area contributed by atoms with Crippen LogP contribution in [0, 0.1) is 0 Å². The van der Waals surface area contributed by atoms with Crippen LogP contribution in [0.15, 0.2) is 18.2 Å². The predicted molar refractivity (Wildman–Crippen MR) is 58.8 cm³/mol. The normalized spacial score (nSPS) is 17.5.